The van der Waals surface area contributed by atoms with Crippen molar-refractivity contribution >= 4 is 35.8 Å². The minimum Gasteiger partial charge on any atom is -0.356 e. The molecule has 7 heteroatoms. The molecule has 1 fully saturated rings. The van der Waals surface area contributed by atoms with Crippen molar-refractivity contribution < 1.29 is 4.79 Å². The normalized spacial score (nSPS) is 17.3. The van der Waals surface area contributed by atoms with Crippen molar-refractivity contribution in [1.82, 2.24) is 20.4 Å². The van der Waals surface area contributed by atoms with Gasteiger partial charge in [-0.3, -0.25) is 14.7 Å². The van der Waals surface area contributed by atoms with Gasteiger partial charge in [0.2, 0.25) is 5.91 Å². The number of amides is 1. The highest BCUT2D eigenvalue weighted by atomic mass is 127. The Hall–Kier alpha value is -1.35. The van der Waals surface area contributed by atoms with Crippen molar-refractivity contribution in [3.8, 4) is 0 Å². The molecule has 0 radical (unpaired) electrons. The van der Waals surface area contributed by atoms with Crippen LogP contribution < -0.4 is 10.6 Å². The SMILES string of the molecule is CCN1CCCC1CNC(=NC)NCCC(=O)N(C)Cc1ccccc1.I. The summed E-state index contributed by atoms with van der Waals surface area (Å²) in [5.41, 5.74) is 1.14. The molecule has 0 spiro atoms. The Labute approximate surface area is 180 Å². The van der Waals surface area contributed by atoms with Crippen LogP contribution in [-0.4, -0.2) is 68.0 Å². The summed E-state index contributed by atoms with van der Waals surface area (Å²) in [6.07, 6.45) is 2.96. The molecule has 1 aliphatic heterocycles. The first-order chi connectivity index (χ1) is 12.6. The van der Waals surface area contributed by atoms with Crippen molar-refractivity contribution in [2.45, 2.75) is 38.8 Å². The number of guanidine groups is 1. The summed E-state index contributed by atoms with van der Waals surface area (Å²) < 4.78 is 0. The zero-order valence-electron chi connectivity index (χ0n) is 16.8. The molecule has 2 rings (SSSR count). The molecule has 6 nitrogen and oxygen atoms in total. The van der Waals surface area contributed by atoms with E-state index in [-0.39, 0.29) is 29.9 Å². The molecule has 1 aromatic rings. The Balaban J connectivity index is 0.00000364. The van der Waals surface area contributed by atoms with Gasteiger partial charge in [0.05, 0.1) is 0 Å². The van der Waals surface area contributed by atoms with Crippen LogP contribution >= 0.6 is 24.0 Å². The van der Waals surface area contributed by atoms with Gasteiger partial charge >= 0.3 is 0 Å². The monoisotopic (exact) mass is 487 g/mol. The maximum absolute atomic E-state index is 12.3. The molecule has 0 saturated carbocycles. The Morgan fingerprint density at radius 1 is 1.30 bits per heavy atom. The van der Waals surface area contributed by atoms with Crippen LogP contribution in [0.2, 0.25) is 0 Å². The van der Waals surface area contributed by atoms with E-state index in [0.717, 1.165) is 24.6 Å². The lowest BCUT2D eigenvalue weighted by Crippen LogP contribution is -2.45. The molecule has 1 aliphatic rings. The van der Waals surface area contributed by atoms with Crippen molar-refractivity contribution in [3.05, 3.63) is 35.9 Å². The third kappa shape index (κ3) is 8.04. The first-order valence-corrected chi connectivity index (χ1v) is 9.60. The Morgan fingerprint density at radius 2 is 2.04 bits per heavy atom. The van der Waals surface area contributed by atoms with E-state index >= 15 is 0 Å². The van der Waals surface area contributed by atoms with E-state index in [9.17, 15) is 4.79 Å². The summed E-state index contributed by atoms with van der Waals surface area (Å²) in [6.45, 7) is 6.62. The topological polar surface area (TPSA) is 60.0 Å². The quantitative estimate of drug-likeness (QED) is 0.336. The highest BCUT2D eigenvalue weighted by molar-refractivity contribution is 14.0. The average Bonchev–Trinajstić information content (AvgIpc) is 3.12. The van der Waals surface area contributed by atoms with Crippen LogP contribution in [0, 0.1) is 0 Å². The summed E-state index contributed by atoms with van der Waals surface area (Å²) in [6, 6.07) is 10.6. The summed E-state index contributed by atoms with van der Waals surface area (Å²) >= 11 is 0. The minimum absolute atomic E-state index is 0. The summed E-state index contributed by atoms with van der Waals surface area (Å²) in [5.74, 6) is 0.899. The smallest absolute Gasteiger partial charge is 0.224 e. The minimum atomic E-state index is 0. The van der Waals surface area contributed by atoms with Gasteiger partial charge in [0.15, 0.2) is 5.96 Å². The average molecular weight is 487 g/mol. The molecule has 1 heterocycles. The number of rotatable bonds is 8. The Morgan fingerprint density at radius 3 is 2.70 bits per heavy atom. The highest BCUT2D eigenvalue weighted by Gasteiger charge is 2.22. The Kier molecular flexibility index (Phi) is 11.3. The molecule has 27 heavy (non-hydrogen) atoms. The fraction of sp³-hybridized carbons (Fsp3) is 0.600. The number of halogens is 1. The van der Waals surface area contributed by atoms with E-state index in [1.165, 1.54) is 19.4 Å². The van der Waals surface area contributed by atoms with Crippen molar-refractivity contribution in [3.63, 3.8) is 0 Å². The van der Waals surface area contributed by atoms with Gasteiger partial charge < -0.3 is 15.5 Å². The van der Waals surface area contributed by atoms with Crippen LogP contribution in [0.4, 0.5) is 0 Å². The molecular formula is C20H34IN5O. The Bertz CT molecular complexity index is 581. The molecule has 0 bridgehead atoms. The number of hydrogen-bond donors (Lipinski definition) is 2. The molecule has 152 valence electrons. The van der Waals surface area contributed by atoms with Crippen LogP contribution in [-0.2, 0) is 11.3 Å². The molecule has 1 amide bonds. The first-order valence-electron chi connectivity index (χ1n) is 9.60. The second-order valence-electron chi connectivity index (χ2n) is 6.79. The maximum Gasteiger partial charge on any atom is 0.224 e. The first kappa shape index (κ1) is 23.7. The van der Waals surface area contributed by atoms with Crippen molar-refractivity contribution in [1.29, 1.82) is 0 Å². The molecule has 1 saturated heterocycles. The third-order valence-electron chi connectivity index (χ3n) is 4.95. The molecular weight excluding hydrogens is 453 g/mol. The zero-order chi connectivity index (χ0) is 18.8. The second kappa shape index (κ2) is 12.9. The van der Waals surface area contributed by atoms with Crippen LogP contribution in [0.25, 0.3) is 0 Å². The van der Waals surface area contributed by atoms with Crippen LogP contribution in [0.3, 0.4) is 0 Å². The molecule has 1 atom stereocenters. The number of likely N-dealkylation sites (tertiary alicyclic amines) is 1. The molecule has 0 aromatic heterocycles. The highest BCUT2D eigenvalue weighted by Crippen LogP contribution is 2.15. The van der Waals surface area contributed by atoms with E-state index < -0.39 is 0 Å². The van der Waals surface area contributed by atoms with Crippen LogP contribution in [0.1, 0.15) is 31.7 Å². The number of carbonyl (C=O) groups excluding carboxylic acids is 1. The number of nitrogens with one attached hydrogen (secondary N) is 2. The zero-order valence-corrected chi connectivity index (χ0v) is 19.1. The molecule has 1 unspecified atom stereocenters. The lowest BCUT2D eigenvalue weighted by atomic mass is 10.2. The number of hydrogen-bond acceptors (Lipinski definition) is 3. The fourth-order valence-electron chi connectivity index (χ4n) is 3.40. The fourth-order valence-corrected chi connectivity index (χ4v) is 3.40. The number of benzene rings is 1. The van der Waals surface area contributed by atoms with E-state index in [2.05, 4.69) is 27.4 Å². The van der Waals surface area contributed by atoms with Gasteiger partial charge in [-0.25, -0.2) is 0 Å². The van der Waals surface area contributed by atoms with Gasteiger partial charge in [-0.05, 0) is 31.5 Å². The van der Waals surface area contributed by atoms with Crippen LogP contribution in [0.5, 0.6) is 0 Å². The van der Waals surface area contributed by atoms with E-state index in [4.69, 9.17) is 0 Å². The standard InChI is InChI=1S/C20H33N5O.HI/c1-4-25-14-8-11-18(25)15-23-20(21-2)22-13-12-19(26)24(3)16-17-9-6-5-7-10-17;/h5-7,9-10,18H,4,8,11-16H2,1-3H3,(H2,21,22,23);1H. The van der Waals surface area contributed by atoms with Crippen molar-refractivity contribution in [2.24, 2.45) is 4.99 Å². The number of likely N-dealkylation sites (N-methyl/N-ethyl adjacent to an activating group) is 1. The van der Waals surface area contributed by atoms with E-state index in [1.54, 1.807) is 11.9 Å². The number of nitrogens with zero attached hydrogens (tertiary/aromatic N) is 3. The summed E-state index contributed by atoms with van der Waals surface area (Å²) in [4.78, 5) is 20.8. The molecule has 0 aliphatic carbocycles. The van der Waals surface area contributed by atoms with E-state index in [1.807, 2.05) is 37.4 Å². The van der Waals surface area contributed by atoms with Gasteiger partial charge in [0.1, 0.15) is 0 Å². The number of aliphatic imine (C=N–C) groups is 1. The predicted octanol–water partition coefficient (Wildman–Crippen LogP) is 2.30. The third-order valence-corrected chi connectivity index (χ3v) is 4.95. The van der Waals surface area contributed by atoms with Gasteiger partial charge in [-0.2, -0.15) is 0 Å². The van der Waals surface area contributed by atoms with Gasteiger partial charge in [-0.1, -0.05) is 37.3 Å². The lowest BCUT2D eigenvalue weighted by Gasteiger charge is -2.24. The largest absolute Gasteiger partial charge is 0.356 e. The van der Waals surface area contributed by atoms with Gasteiger partial charge in [0, 0.05) is 46.2 Å². The summed E-state index contributed by atoms with van der Waals surface area (Å²) in [5, 5.41) is 6.64. The maximum atomic E-state index is 12.3. The molecule has 1 aromatic carbocycles. The second-order valence-corrected chi connectivity index (χ2v) is 6.79. The van der Waals surface area contributed by atoms with Crippen LogP contribution in [0.15, 0.2) is 35.3 Å². The van der Waals surface area contributed by atoms with Crippen molar-refractivity contribution in [2.75, 3.05) is 40.3 Å². The van der Waals surface area contributed by atoms with E-state index in [0.29, 0.717) is 25.6 Å². The summed E-state index contributed by atoms with van der Waals surface area (Å²) in [7, 11) is 3.62. The van der Waals surface area contributed by atoms with Gasteiger partial charge in [-0.15, -0.1) is 24.0 Å². The number of carbonyl (C=O) groups is 1. The van der Waals surface area contributed by atoms with Gasteiger partial charge in [0.25, 0.3) is 0 Å². The predicted molar refractivity (Wildman–Crippen MR) is 123 cm³/mol. The lowest BCUT2D eigenvalue weighted by molar-refractivity contribution is -0.130. The molecule has 2 N–H and O–H groups in total.